The third-order valence-corrected chi connectivity index (χ3v) is 3.94. The Hall–Kier alpha value is -1.40. The minimum absolute atomic E-state index is 0.0187. The van der Waals surface area contributed by atoms with Crippen molar-refractivity contribution in [2.45, 2.75) is 12.2 Å². The monoisotopic (exact) mass is 270 g/mol. The highest BCUT2D eigenvalue weighted by molar-refractivity contribution is 7.90. The van der Waals surface area contributed by atoms with Crippen LogP contribution in [0.25, 0.3) is 0 Å². The first-order chi connectivity index (χ1) is 8.53. The molecule has 0 aliphatic carbocycles. The summed E-state index contributed by atoms with van der Waals surface area (Å²) in [6, 6.07) is 8.92. The molecule has 5 nitrogen and oxygen atoms in total. The van der Waals surface area contributed by atoms with E-state index >= 15 is 0 Å². The highest BCUT2D eigenvalue weighted by atomic mass is 32.2. The van der Waals surface area contributed by atoms with Crippen molar-refractivity contribution in [1.29, 1.82) is 0 Å². The van der Waals surface area contributed by atoms with Crippen molar-refractivity contribution in [3.63, 3.8) is 0 Å². The van der Waals surface area contributed by atoms with Crippen molar-refractivity contribution in [1.82, 2.24) is 5.32 Å². The number of hydrogen-bond donors (Lipinski definition) is 2. The second kappa shape index (κ2) is 7.13. The molecular weight excluding hydrogens is 252 g/mol. The van der Waals surface area contributed by atoms with E-state index in [9.17, 15) is 13.2 Å². The van der Waals surface area contributed by atoms with E-state index in [1.807, 2.05) is 6.07 Å². The molecule has 0 radical (unpaired) electrons. The summed E-state index contributed by atoms with van der Waals surface area (Å²) in [6.07, 6.45) is -0.0187. The lowest BCUT2D eigenvalue weighted by Crippen LogP contribution is -2.30. The molecule has 3 N–H and O–H groups in total. The van der Waals surface area contributed by atoms with Gasteiger partial charge in [-0.25, -0.2) is 8.42 Å². The molecule has 100 valence electrons. The molecule has 0 aliphatic rings. The summed E-state index contributed by atoms with van der Waals surface area (Å²) >= 11 is 0. The van der Waals surface area contributed by atoms with Crippen molar-refractivity contribution >= 4 is 15.7 Å². The standard InChI is InChI=1S/C12H18N2O3S/c13-7-8-14-12(15)6-9-18(16,17)10-11-4-2-1-3-5-11/h1-5H,6-10,13H2,(H,14,15). The summed E-state index contributed by atoms with van der Waals surface area (Å²) in [5, 5.41) is 2.54. The number of hydrogen-bond acceptors (Lipinski definition) is 4. The van der Waals surface area contributed by atoms with Crippen molar-refractivity contribution in [2.24, 2.45) is 5.73 Å². The van der Waals surface area contributed by atoms with E-state index < -0.39 is 9.84 Å². The Labute approximate surface area is 107 Å². The van der Waals surface area contributed by atoms with Crippen LogP contribution in [0.3, 0.4) is 0 Å². The summed E-state index contributed by atoms with van der Waals surface area (Å²) in [5.74, 6) is -0.451. The molecule has 0 fully saturated rings. The van der Waals surface area contributed by atoms with Crippen molar-refractivity contribution in [2.75, 3.05) is 18.8 Å². The second-order valence-corrected chi connectivity index (χ2v) is 6.15. The molecule has 1 amide bonds. The number of nitrogens with two attached hydrogens (primary N) is 1. The normalized spacial score (nSPS) is 11.2. The zero-order valence-corrected chi connectivity index (χ0v) is 10.9. The van der Waals surface area contributed by atoms with Crippen LogP contribution in [0.1, 0.15) is 12.0 Å². The van der Waals surface area contributed by atoms with Gasteiger partial charge in [0.1, 0.15) is 0 Å². The molecule has 1 aromatic rings. The first-order valence-electron chi connectivity index (χ1n) is 5.74. The highest BCUT2D eigenvalue weighted by Gasteiger charge is 2.14. The SMILES string of the molecule is NCCNC(=O)CCS(=O)(=O)Cc1ccccc1. The summed E-state index contributed by atoms with van der Waals surface area (Å²) in [5.41, 5.74) is 5.96. The maximum absolute atomic E-state index is 11.8. The summed E-state index contributed by atoms with van der Waals surface area (Å²) in [7, 11) is -3.25. The fourth-order valence-electron chi connectivity index (χ4n) is 1.45. The van der Waals surface area contributed by atoms with E-state index in [4.69, 9.17) is 5.73 Å². The molecule has 0 aromatic heterocycles. The van der Waals surface area contributed by atoms with Crippen LogP contribution in [0, 0.1) is 0 Å². The smallest absolute Gasteiger partial charge is 0.221 e. The van der Waals surface area contributed by atoms with E-state index in [-0.39, 0.29) is 23.8 Å². The summed E-state index contributed by atoms with van der Waals surface area (Å²) < 4.78 is 23.5. The van der Waals surface area contributed by atoms with E-state index in [1.54, 1.807) is 24.3 Å². The molecule has 0 unspecified atom stereocenters. The molecule has 0 aliphatic heterocycles. The van der Waals surface area contributed by atoms with Gasteiger partial charge in [0.15, 0.2) is 9.84 Å². The minimum Gasteiger partial charge on any atom is -0.355 e. The first-order valence-corrected chi connectivity index (χ1v) is 7.57. The molecule has 0 heterocycles. The third-order valence-electron chi connectivity index (χ3n) is 2.34. The Morgan fingerprint density at radius 2 is 1.89 bits per heavy atom. The maximum Gasteiger partial charge on any atom is 0.221 e. The Balaban J connectivity index is 2.43. The quantitative estimate of drug-likeness (QED) is 0.733. The van der Waals surface area contributed by atoms with Crippen molar-refractivity contribution in [3.05, 3.63) is 35.9 Å². The van der Waals surface area contributed by atoms with Crippen LogP contribution in [-0.4, -0.2) is 33.2 Å². The van der Waals surface area contributed by atoms with Crippen LogP contribution in [0.5, 0.6) is 0 Å². The Kier molecular flexibility index (Phi) is 5.80. The fourth-order valence-corrected chi connectivity index (χ4v) is 2.79. The molecule has 1 rings (SSSR count). The van der Waals surface area contributed by atoms with Crippen molar-refractivity contribution < 1.29 is 13.2 Å². The molecule has 0 spiro atoms. The van der Waals surface area contributed by atoms with Crippen LogP contribution in [0.2, 0.25) is 0 Å². The predicted molar refractivity (Wildman–Crippen MR) is 70.6 cm³/mol. The Bertz CT molecular complexity index is 471. The minimum atomic E-state index is -3.25. The Morgan fingerprint density at radius 1 is 1.22 bits per heavy atom. The Morgan fingerprint density at radius 3 is 2.50 bits per heavy atom. The van der Waals surface area contributed by atoms with Gasteiger partial charge in [-0.05, 0) is 5.56 Å². The molecule has 0 saturated heterocycles. The van der Waals surface area contributed by atoms with Gasteiger partial charge in [-0.15, -0.1) is 0 Å². The zero-order chi connectivity index (χ0) is 13.4. The van der Waals surface area contributed by atoms with Gasteiger partial charge in [-0.1, -0.05) is 30.3 Å². The lowest BCUT2D eigenvalue weighted by molar-refractivity contribution is -0.120. The van der Waals surface area contributed by atoms with Gasteiger partial charge in [-0.2, -0.15) is 0 Å². The topological polar surface area (TPSA) is 89.3 Å². The van der Waals surface area contributed by atoms with Gasteiger partial charge in [0.25, 0.3) is 0 Å². The van der Waals surface area contributed by atoms with Crippen LogP contribution >= 0.6 is 0 Å². The number of carbonyl (C=O) groups is 1. The lowest BCUT2D eigenvalue weighted by Gasteiger charge is -2.05. The van der Waals surface area contributed by atoms with E-state index in [1.165, 1.54) is 0 Å². The molecular formula is C12H18N2O3S. The second-order valence-electron chi connectivity index (χ2n) is 3.97. The summed E-state index contributed by atoms with van der Waals surface area (Å²) in [6.45, 7) is 0.722. The third kappa shape index (κ3) is 5.79. The van der Waals surface area contributed by atoms with Gasteiger partial charge in [0.2, 0.25) is 5.91 Å². The van der Waals surface area contributed by atoms with Gasteiger partial charge < -0.3 is 11.1 Å². The highest BCUT2D eigenvalue weighted by Crippen LogP contribution is 2.07. The average molecular weight is 270 g/mol. The summed E-state index contributed by atoms with van der Waals surface area (Å²) in [4.78, 5) is 11.3. The van der Waals surface area contributed by atoms with Gasteiger partial charge in [0, 0.05) is 19.5 Å². The number of sulfone groups is 1. The predicted octanol–water partition coefficient (Wildman–Crippen LogP) is 0.0664. The number of benzene rings is 1. The number of amides is 1. The molecule has 0 bridgehead atoms. The number of nitrogens with one attached hydrogen (secondary N) is 1. The van der Waals surface area contributed by atoms with Crippen LogP contribution in [0.4, 0.5) is 0 Å². The van der Waals surface area contributed by atoms with E-state index in [2.05, 4.69) is 5.32 Å². The molecule has 6 heteroatoms. The number of rotatable bonds is 7. The molecule has 0 saturated carbocycles. The molecule has 0 atom stereocenters. The van der Waals surface area contributed by atoms with E-state index in [0.29, 0.717) is 13.1 Å². The average Bonchev–Trinajstić information content (AvgIpc) is 2.35. The van der Waals surface area contributed by atoms with Gasteiger partial charge in [-0.3, -0.25) is 4.79 Å². The van der Waals surface area contributed by atoms with Crippen LogP contribution in [-0.2, 0) is 20.4 Å². The van der Waals surface area contributed by atoms with Crippen LogP contribution < -0.4 is 11.1 Å². The van der Waals surface area contributed by atoms with Gasteiger partial charge >= 0.3 is 0 Å². The molecule has 1 aromatic carbocycles. The largest absolute Gasteiger partial charge is 0.355 e. The maximum atomic E-state index is 11.8. The number of carbonyl (C=O) groups excluding carboxylic acids is 1. The van der Waals surface area contributed by atoms with Crippen molar-refractivity contribution in [3.8, 4) is 0 Å². The first kappa shape index (κ1) is 14.7. The van der Waals surface area contributed by atoms with Crippen LogP contribution in [0.15, 0.2) is 30.3 Å². The van der Waals surface area contributed by atoms with Gasteiger partial charge in [0.05, 0.1) is 11.5 Å². The van der Waals surface area contributed by atoms with E-state index in [0.717, 1.165) is 5.56 Å². The zero-order valence-electron chi connectivity index (χ0n) is 10.1. The lowest BCUT2D eigenvalue weighted by atomic mass is 10.2. The fraction of sp³-hybridized carbons (Fsp3) is 0.417. The molecule has 18 heavy (non-hydrogen) atoms.